The van der Waals surface area contributed by atoms with Crippen molar-refractivity contribution >= 4 is 22.9 Å². The topological polar surface area (TPSA) is 32.8 Å². The van der Waals surface area contributed by atoms with E-state index in [1.165, 1.54) is 21.6 Å². The number of amides is 1. The van der Waals surface area contributed by atoms with Gasteiger partial charge in [0.1, 0.15) is 5.75 Å². The second-order valence-electron chi connectivity index (χ2n) is 7.80. The fourth-order valence-corrected chi connectivity index (χ4v) is 5.72. The smallest absolute Gasteiger partial charge is 0.264 e. The molecule has 3 aromatic rings. The Bertz CT molecular complexity index is 1070. The molecule has 1 aliphatic heterocycles. The van der Waals surface area contributed by atoms with Gasteiger partial charge in [-0.05, 0) is 54.7 Å². The van der Waals surface area contributed by atoms with Crippen molar-refractivity contribution in [3.05, 3.63) is 70.6 Å². The van der Waals surface area contributed by atoms with Gasteiger partial charge in [-0.15, -0.1) is 11.3 Å². The highest BCUT2D eigenvalue weighted by atomic mass is 32.1. The van der Waals surface area contributed by atoms with Gasteiger partial charge in [0, 0.05) is 31.1 Å². The molecule has 154 valence electrons. The molecule has 1 aliphatic carbocycles. The number of anilines is 1. The summed E-state index contributed by atoms with van der Waals surface area (Å²) < 4.78 is 5.79. The lowest BCUT2D eigenvalue weighted by Gasteiger charge is -2.36. The molecule has 4 nitrogen and oxygen atoms in total. The van der Waals surface area contributed by atoms with Gasteiger partial charge in [-0.1, -0.05) is 36.4 Å². The van der Waals surface area contributed by atoms with Gasteiger partial charge >= 0.3 is 0 Å². The van der Waals surface area contributed by atoms with Crippen molar-refractivity contribution in [2.75, 3.05) is 37.7 Å². The molecule has 2 heterocycles. The Hall–Kier alpha value is -2.79. The highest BCUT2D eigenvalue weighted by molar-refractivity contribution is 7.17. The van der Waals surface area contributed by atoms with Gasteiger partial charge in [-0.25, -0.2) is 0 Å². The van der Waals surface area contributed by atoms with Crippen LogP contribution in [0.2, 0.25) is 0 Å². The number of para-hydroxylation sites is 2. The lowest BCUT2D eigenvalue weighted by molar-refractivity contribution is 0.0751. The maximum atomic E-state index is 13.2. The molecule has 0 atom stereocenters. The zero-order valence-corrected chi connectivity index (χ0v) is 18.1. The van der Waals surface area contributed by atoms with Gasteiger partial charge in [0.2, 0.25) is 0 Å². The van der Waals surface area contributed by atoms with E-state index in [9.17, 15) is 4.79 Å². The summed E-state index contributed by atoms with van der Waals surface area (Å²) in [7, 11) is 0. The van der Waals surface area contributed by atoms with Crippen LogP contribution in [0, 0.1) is 0 Å². The van der Waals surface area contributed by atoms with E-state index < -0.39 is 0 Å². The summed E-state index contributed by atoms with van der Waals surface area (Å²) in [5.41, 5.74) is 5.15. The maximum absolute atomic E-state index is 13.2. The molecule has 0 unspecified atom stereocenters. The molecule has 2 aliphatic rings. The van der Waals surface area contributed by atoms with E-state index in [4.69, 9.17) is 4.74 Å². The Morgan fingerprint density at radius 3 is 2.53 bits per heavy atom. The number of carbonyl (C=O) groups is 1. The highest BCUT2D eigenvalue weighted by Gasteiger charge is 2.27. The highest BCUT2D eigenvalue weighted by Crippen LogP contribution is 2.40. The Labute approximate surface area is 181 Å². The lowest BCUT2D eigenvalue weighted by Crippen LogP contribution is -2.48. The molecular formula is C25H26N2O2S. The van der Waals surface area contributed by atoms with Crippen LogP contribution in [0.25, 0.3) is 10.4 Å². The number of nitrogens with zero attached hydrogens (tertiary/aromatic N) is 2. The summed E-state index contributed by atoms with van der Waals surface area (Å²) in [6, 6.07) is 18.9. The Morgan fingerprint density at radius 1 is 0.967 bits per heavy atom. The quantitative estimate of drug-likeness (QED) is 0.606. The number of ether oxygens (including phenoxy) is 1. The summed E-state index contributed by atoms with van der Waals surface area (Å²) >= 11 is 1.66. The minimum atomic E-state index is 0.171. The SMILES string of the molecule is CCOc1ccccc1N1CCN(C(=O)c2cc3c(s2)-c2ccccc2CC3)CC1. The van der Waals surface area contributed by atoms with Crippen LogP contribution in [0.4, 0.5) is 5.69 Å². The third-order valence-corrected chi connectivity index (χ3v) is 7.22. The number of aryl methyl sites for hydroxylation is 2. The monoisotopic (exact) mass is 418 g/mol. The van der Waals surface area contributed by atoms with E-state index >= 15 is 0 Å². The van der Waals surface area contributed by atoms with Crippen LogP contribution in [0.3, 0.4) is 0 Å². The minimum absolute atomic E-state index is 0.171. The van der Waals surface area contributed by atoms with Crippen LogP contribution in [0.1, 0.15) is 27.7 Å². The average Bonchev–Trinajstić information content (AvgIpc) is 3.24. The predicted molar refractivity (Wildman–Crippen MR) is 123 cm³/mol. The van der Waals surface area contributed by atoms with Crippen molar-refractivity contribution < 1.29 is 9.53 Å². The third-order valence-electron chi connectivity index (χ3n) is 6.02. The molecule has 0 N–H and O–H groups in total. The average molecular weight is 419 g/mol. The standard InChI is InChI=1S/C25H26N2O2S/c1-2-29-22-10-6-5-9-21(22)26-13-15-27(16-14-26)25(28)23-17-19-12-11-18-7-3-4-8-20(18)24(19)30-23/h3-10,17H,2,11-16H2,1H3. The molecule has 30 heavy (non-hydrogen) atoms. The van der Waals surface area contributed by atoms with Gasteiger partial charge in [0.25, 0.3) is 5.91 Å². The predicted octanol–water partition coefficient (Wildman–Crippen LogP) is 4.87. The van der Waals surface area contributed by atoms with Crippen molar-refractivity contribution in [3.8, 4) is 16.2 Å². The summed E-state index contributed by atoms with van der Waals surface area (Å²) in [6.45, 7) is 5.78. The van der Waals surface area contributed by atoms with Crippen LogP contribution >= 0.6 is 11.3 Å². The third kappa shape index (κ3) is 3.47. The summed E-state index contributed by atoms with van der Waals surface area (Å²) in [6.07, 6.45) is 2.09. The van der Waals surface area contributed by atoms with Crippen molar-refractivity contribution in [2.45, 2.75) is 19.8 Å². The number of piperazine rings is 1. The first-order chi connectivity index (χ1) is 14.7. The molecule has 1 amide bonds. The van der Waals surface area contributed by atoms with Crippen LogP contribution in [0.15, 0.2) is 54.6 Å². The number of hydrogen-bond donors (Lipinski definition) is 0. The molecule has 0 spiro atoms. The number of carbonyl (C=O) groups excluding carboxylic acids is 1. The van der Waals surface area contributed by atoms with E-state index in [0.29, 0.717) is 6.61 Å². The van der Waals surface area contributed by atoms with Gasteiger partial charge < -0.3 is 14.5 Å². The molecule has 0 bridgehead atoms. The number of benzene rings is 2. The van der Waals surface area contributed by atoms with E-state index in [2.05, 4.69) is 41.3 Å². The van der Waals surface area contributed by atoms with Crippen molar-refractivity contribution in [1.29, 1.82) is 0 Å². The normalized spacial score (nSPS) is 15.5. The lowest BCUT2D eigenvalue weighted by atomic mass is 9.91. The fraction of sp³-hybridized carbons (Fsp3) is 0.320. The van der Waals surface area contributed by atoms with Gasteiger partial charge in [0.15, 0.2) is 0 Å². The molecule has 1 aromatic heterocycles. The van der Waals surface area contributed by atoms with Gasteiger partial charge in [-0.2, -0.15) is 0 Å². The van der Waals surface area contributed by atoms with Gasteiger partial charge in [-0.3, -0.25) is 4.79 Å². The molecule has 0 saturated carbocycles. The zero-order valence-electron chi connectivity index (χ0n) is 17.3. The molecule has 2 aromatic carbocycles. The summed E-state index contributed by atoms with van der Waals surface area (Å²) in [4.78, 5) is 19.7. The second-order valence-corrected chi connectivity index (χ2v) is 8.85. The maximum Gasteiger partial charge on any atom is 0.264 e. The molecular weight excluding hydrogens is 392 g/mol. The number of thiophene rings is 1. The first kappa shape index (κ1) is 19.2. The van der Waals surface area contributed by atoms with Crippen molar-refractivity contribution in [2.24, 2.45) is 0 Å². The van der Waals surface area contributed by atoms with Crippen LogP contribution < -0.4 is 9.64 Å². The van der Waals surface area contributed by atoms with Crippen molar-refractivity contribution in [3.63, 3.8) is 0 Å². The first-order valence-corrected chi connectivity index (χ1v) is 11.5. The second kappa shape index (κ2) is 8.15. The molecule has 1 saturated heterocycles. The number of fused-ring (bicyclic) bond motifs is 3. The molecule has 1 fully saturated rings. The van der Waals surface area contributed by atoms with E-state index in [0.717, 1.165) is 55.3 Å². The largest absolute Gasteiger partial charge is 0.492 e. The Kier molecular flexibility index (Phi) is 5.21. The minimum Gasteiger partial charge on any atom is -0.492 e. The molecule has 5 rings (SSSR count). The molecule has 5 heteroatoms. The summed E-state index contributed by atoms with van der Waals surface area (Å²) in [5.74, 6) is 1.09. The Balaban J connectivity index is 1.30. The number of hydrogen-bond acceptors (Lipinski definition) is 4. The first-order valence-electron chi connectivity index (χ1n) is 10.7. The Morgan fingerprint density at radius 2 is 1.70 bits per heavy atom. The van der Waals surface area contributed by atoms with Crippen molar-refractivity contribution in [1.82, 2.24) is 4.90 Å². The fourth-order valence-electron chi connectivity index (χ4n) is 4.48. The van der Waals surface area contributed by atoms with E-state index in [1.807, 2.05) is 30.0 Å². The number of rotatable bonds is 4. The van der Waals surface area contributed by atoms with E-state index in [-0.39, 0.29) is 5.91 Å². The van der Waals surface area contributed by atoms with Crippen LogP contribution in [-0.4, -0.2) is 43.6 Å². The van der Waals surface area contributed by atoms with Crippen LogP contribution in [0.5, 0.6) is 5.75 Å². The molecule has 0 radical (unpaired) electrons. The zero-order chi connectivity index (χ0) is 20.5. The van der Waals surface area contributed by atoms with Gasteiger partial charge in [0.05, 0.1) is 17.2 Å². The summed E-state index contributed by atoms with van der Waals surface area (Å²) in [5, 5.41) is 0. The van der Waals surface area contributed by atoms with Crippen LogP contribution in [-0.2, 0) is 12.8 Å². The van der Waals surface area contributed by atoms with E-state index in [1.54, 1.807) is 11.3 Å².